The quantitative estimate of drug-likeness (QED) is 0.594. The van der Waals surface area contributed by atoms with Crippen LogP contribution in [0, 0.1) is 0 Å². The zero-order chi connectivity index (χ0) is 18.5. The van der Waals surface area contributed by atoms with E-state index in [2.05, 4.69) is 14.5 Å². The number of hydrogen-bond acceptors (Lipinski definition) is 6. The Morgan fingerprint density at radius 1 is 1.20 bits per heavy atom. The largest absolute Gasteiger partial charge is 0.465 e. The Balaban J connectivity index is 1.82. The van der Waals surface area contributed by atoms with Crippen LogP contribution in [0.3, 0.4) is 0 Å². The normalized spacial score (nSPS) is 20.7. The molecule has 1 aliphatic heterocycles. The molecule has 1 fully saturated rings. The molecule has 0 aromatic carbocycles. The highest BCUT2D eigenvalue weighted by Crippen LogP contribution is 2.50. The molecule has 0 N–H and O–H groups in total. The number of ether oxygens (including phenoxy) is 2. The van der Waals surface area contributed by atoms with Crippen LogP contribution in [-0.2, 0) is 20.7 Å². The molecule has 1 unspecified atom stereocenters. The van der Waals surface area contributed by atoms with Crippen molar-refractivity contribution in [1.29, 1.82) is 0 Å². The SMILES string of the molecule is O=C1OC(C(F)(F)F)(C(F)(F)F)OC1Cc1csc(-c2ccco2)n1. The number of cyclic esters (lactones) is 1. The molecule has 3 rings (SSSR count). The summed E-state index contributed by atoms with van der Waals surface area (Å²) in [4.78, 5) is 15.5. The van der Waals surface area contributed by atoms with Gasteiger partial charge in [-0.1, -0.05) is 0 Å². The number of aromatic nitrogens is 1. The number of hydrogen-bond donors (Lipinski definition) is 0. The molecule has 1 atom stereocenters. The standard InChI is InChI=1S/C13H7F6NO4S/c14-12(15,16)11(13(17,18)19)23-8(10(21)24-11)4-6-5-25-9(20-6)7-2-1-3-22-7/h1-3,5,8H,4H2. The van der Waals surface area contributed by atoms with Crippen molar-refractivity contribution in [3.63, 3.8) is 0 Å². The molecule has 1 aliphatic rings. The second kappa shape index (κ2) is 5.73. The van der Waals surface area contributed by atoms with Crippen LogP contribution in [0.5, 0.6) is 0 Å². The number of alkyl halides is 6. The maximum atomic E-state index is 12.8. The predicted octanol–water partition coefficient (Wildman–Crippen LogP) is 3.71. The number of esters is 1. The smallest absolute Gasteiger partial charge is 0.462 e. The van der Waals surface area contributed by atoms with E-state index >= 15 is 0 Å². The van der Waals surface area contributed by atoms with Crippen molar-refractivity contribution in [3.8, 4) is 10.8 Å². The predicted molar refractivity (Wildman–Crippen MR) is 69.3 cm³/mol. The van der Waals surface area contributed by atoms with Crippen LogP contribution >= 0.6 is 11.3 Å². The fourth-order valence-corrected chi connectivity index (χ4v) is 2.92. The Morgan fingerprint density at radius 2 is 1.88 bits per heavy atom. The van der Waals surface area contributed by atoms with E-state index < -0.39 is 36.6 Å². The summed E-state index contributed by atoms with van der Waals surface area (Å²) in [5.74, 6) is -6.37. The van der Waals surface area contributed by atoms with E-state index in [1.54, 1.807) is 12.1 Å². The van der Waals surface area contributed by atoms with Gasteiger partial charge in [-0.05, 0) is 12.1 Å². The number of carbonyl (C=O) groups excluding carboxylic acids is 1. The molecule has 0 amide bonds. The van der Waals surface area contributed by atoms with E-state index in [-0.39, 0.29) is 5.69 Å². The van der Waals surface area contributed by atoms with Gasteiger partial charge in [0.05, 0.1) is 12.0 Å². The molecular formula is C13H7F6NO4S. The van der Waals surface area contributed by atoms with Crippen molar-refractivity contribution in [2.24, 2.45) is 0 Å². The molecule has 0 bridgehead atoms. The molecule has 2 aromatic rings. The fraction of sp³-hybridized carbons (Fsp3) is 0.385. The Hall–Kier alpha value is -2.08. The van der Waals surface area contributed by atoms with Crippen molar-refractivity contribution in [2.45, 2.75) is 30.7 Å². The highest BCUT2D eigenvalue weighted by molar-refractivity contribution is 7.13. The summed E-state index contributed by atoms with van der Waals surface area (Å²) in [5.41, 5.74) is 0.0681. The second-order valence-corrected chi connectivity index (χ2v) is 5.82. The van der Waals surface area contributed by atoms with Crippen LogP contribution in [0.15, 0.2) is 28.2 Å². The van der Waals surface area contributed by atoms with Crippen LogP contribution in [-0.4, -0.2) is 35.2 Å². The lowest BCUT2D eigenvalue weighted by atomic mass is 10.2. The first-order valence-corrected chi connectivity index (χ1v) is 7.44. The van der Waals surface area contributed by atoms with Crippen molar-refractivity contribution < 1.29 is 45.0 Å². The van der Waals surface area contributed by atoms with E-state index in [9.17, 15) is 31.1 Å². The lowest BCUT2D eigenvalue weighted by Crippen LogP contribution is -2.58. The van der Waals surface area contributed by atoms with Gasteiger partial charge in [0.15, 0.2) is 16.9 Å². The van der Waals surface area contributed by atoms with Gasteiger partial charge < -0.3 is 13.9 Å². The molecule has 25 heavy (non-hydrogen) atoms. The number of halogens is 6. The first-order valence-electron chi connectivity index (χ1n) is 6.56. The van der Waals surface area contributed by atoms with Crippen LogP contribution in [0.2, 0.25) is 0 Å². The summed E-state index contributed by atoms with van der Waals surface area (Å²) in [6.45, 7) is 0. The third kappa shape index (κ3) is 2.99. The topological polar surface area (TPSA) is 61.6 Å². The van der Waals surface area contributed by atoms with Gasteiger partial charge in [-0.2, -0.15) is 26.3 Å². The van der Waals surface area contributed by atoms with E-state index in [0.717, 1.165) is 11.3 Å². The summed E-state index contributed by atoms with van der Waals surface area (Å²) in [7, 11) is 0. The van der Waals surface area contributed by atoms with Crippen LogP contribution in [0.4, 0.5) is 26.3 Å². The summed E-state index contributed by atoms with van der Waals surface area (Å²) in [5, 5.41) is 1.72. The monoisotopic (exact) mass is 387 g/mol. The van der Waals surface area contributed by atoms with Gasteiger partial charge in [-0.25, -0.2) is 9.78 Å². The number of furan rings is 1. The van der Waals surface area contributed by atoms with Crippen molar-refractivity contribution in [2.75, 3.05) is 0 Å². The molecule has 12 heteroatoms. The highest BCUT2D eigenvalue weighted by atomic mass is 32.1. The van der Waals surface area contributed by atoms with E-state index in [4.69, 9.17) is 4.42 Å². The number of rotatable bonds is 3. The van der Waals surface area contributed by atoms with Crippen LogP contribution < -0.4 is 0 Å². The minimum absolute atomic E-state index is 0.0681. The minimum atomic E-state index is -5.98. The zero-order valence-corrected chi connectivity index (χ0v) is 12.7. The molecule has 0 aliphatic carbocycles. The molecule has 0 spiro atoms. The van der Waals surface area contributed by atoms with E-state index in [1.807, 2.05) is 0 Å². The second-order valence-electron chi connectivity index (χ2n) is 4.97. The average Bonchev–Trinajstić information content (AvgIpc) is 3.18. The van der Waals surface area contributed by atoms with Crippen LogP contribution in [0.25, 0.3) is 10.8 Å². The summed E-state index contributed by atoms with van der Waals surface area (Å²) in [6, 6.07) is 3.15. The fourth-order valence-electron chi connectivity index (χ4n) is 2.12. The third-order valence-corrected chi connectivity index (χ3v) is 4.15. The average molecular weight is 387 g/mol. The Bertz CT molecular complexity index is 752. The molecule has 2 aromatic heterocycles. The van der Waals surface area contributed by atoms with Gasteiger partial charge in [0.25, 0.3) is 0 Å². The zero-order valence-electron chi connectivity index (χ0n) is 11.9. The third-order valence-electron chi connectivity index (χ3n) is 3.24. The summed E-state index contributed by atoms with van der Waals surface area (Å²) in [6.07, 6.45) is -13.3. The Morgan fingerprint density at radius 3 is 2.40 bits per heavy atom. The molecule has 3 heterocycles. The van der Waals surface area contributed by atoms with Crippen molar-refractivity contribution in [3.05, 3.63) is 29.5 Å². The van der Waals surface area contributed by atoms with Gasteiger partial charge in [-0.15, -0.1) is 11.3 Å². The van der Waals surface area contributed by atoms with E-state index in [0.29, 0.717) is 10.8 Å². The maximum absolute atomic E-state index is 12.8. The Kier molecular flexibility index (Phi) is 4.06. The molecule has 0 radical (unpaired) electrons. The Labute approximate surface area is 139 Å². The number of nitrogens with zero attached hydrogens (tertiary/aromatic N) is 1. The van der Waals surface area contributed by atoms with Crippen molar-refractivity contribution >= 4 is 17.3 Å². The van der Waals surface area contributed by atoms with Gasteiger partial charge in [0, 0.05) is 11.8 Å². The van der Waals surface area contributed by atoms with Crippen LogP contribution in [0.1, 0.15) is 5.69 Å². The van der Waals surface area contributed by atoms with Gasteiger partial charge in [-0.3, -0.25) is 0 Å². The summed E-state index contributed by atoms with van der Waals surface area (Å²) >= 11 is 1.05. The molecular weight excluding hydrogens is 380 g/mol. The van der Waals surface area contributed by atoms with Gasteiger partial charge in [0.2, 0.25) is 0 Å². The van der Waals surface area contributed by atoms with E-state index in [1.165, 1.54) is 11.6 Å². The number of carbonyl (C=O) groups is 1. The molecule has 136 valence electrons. The summed E-state index contributed by atoms with van der Waals surface area (Å²) < 4.78 is 89.7. The minimum Gasteiger partial charge on any atom is -0.462 e. The maximum Gasteiger partial charge on any atom is 0.465 e. The van der Waals surface area contributed by atoms with Gasteiger partial charge in [0.1, 0.15) is 0 Å². The first kappa shape index (κ1) is 17.7. The molecule has 0 saturated carbocycles. The molecule has 5 nitrogen and oxygen atoms in total. The highest BCUT2D eigenvalue weighted by Gasteiger charge is 2.80. The molecule has 1 saturated heterocycles. The van der Waals surface area contributed by atoms with Gasteiger partial charge >= 0.3 is 24.1 Å². The van der Waals surface area contributed by atoms with Crippen molar-refractivity contribution in [1.82, 2.24) is 4.98 Å². The number of thiazole rings is 1. The lowest BCUT2D eigenvalue weighted by molar-refractivity contribution is -0.439. The first-order chi connectivity index (χ1) is 11.5. The lowest BCUT2D eigenvalue weighted by Gasteiger charge is -2.30.